The highest BCUT2D eigenvalue weighted by Crippen LogP contribution is 2.35. The average molecular weight is 242 g/mol. The van der Waals surface area contributed by atoms with E-state index >= 15 is 0 Å². The highest BCUT2D eigenvalue weighted by molar-refractivity contribution is 8.14. The number of esters is 1. The number of methoxy groups -OCH3 is 1. The van der Waals surface area contributed by atoms with Crippen molar-refractivity contribution in [1.82, 2.24) is 5.32 Å². The lowest BCUT2D eigenvalue weighted by Crippen LogP contribution is -2.45. The molecule has 0 bridgehead atoms. The molecule has 0 unspecified atom stereocenters. The second-order valence-corrected chi connectivity index (χ2v) is 5.42. The Balaban J connectivity index is 1.89. The Hall–Kier alpha value is -0.710. The predicted molar refractivity (Wildman–Crippen MR) is 65.7 cm³/mol. The summed E-state index contributed by atoms with van der Waals surface area (Å²) >= 11 is 1.73. The molecule has 2 rings (SSSR count). The van der Waals surface area contributed by atoms with E-state index in [9.17, 15) is 4.79 Å². The van der Waals surface area contributed by atoms with Crippen LogP contribution in [0, 0.1) is 0 Å². The Morgan fingerprint density at radius 1 is 1.50 bits per heavy atom. The van der Waals surface area contributed by atoms with E-state index in [4.69, 9.17) is 0 Å². The number of hydrogen-bond donors (Lipinski definition) is 1. The third-order valence-electron chi connectivity index (χ3n) is 3.25. The maximum absolute atomic E-state index is 11.0. The molecule has 1 aliphatic heterocycles. The monoisotopic (exact) mass is 242 g/mol. The van der Waals surface area contributed by atoms with Crippen LogP contribution in [0.5, 0.6) is 0 Å². The standard InChI is InChI=1S/C11H18N2O2S/c1-15-9(14)7-12-10-13-11(8-16-10)5-3-2-4-6-11/h2-8H2,1H3,(H,12,13). The van der Waals surface area contributed by atoms with Crippen LogP contribution in [0.4, 0.5) is 0 Å². The molecule has 1 saturated carbocycles. The van der Waals surface area contributed by atoms with Crippen LogP contribution in [0.2, 0.25) is 0 Å². The van der Waals surface area contributed by atoms with Gasteiger partial charge in [-0.05, 0) is 12.8 Å². The summed E-state index contributed by atoms with van der Waals surface area (Å²) in [5.41, 5.74) is 0.262. The Morgan fingerprint density at radius 2 is 2.25 bits per heavy atom. The van der Waals surface area contributed by atoms with Crippen molar-refractivity contribution < 1.29 is 9.53 Å². The van der Waals surface area contributed by atoms with Crippen LogP contribution in [0.1, 0.15) is 32.1 Å². The van der Waals surface area contributed by atoms with Gasteiger partial charge in [-0.25, -0.2) is 0 Å². The molecule has 5 heteroatoms. The molecular formula is C11H18N2O2S. The van der Waals surface area contributed by atoms with Gasteiger partial charge in [0.1, 0.15) is 6.54 Å². The first kappa shape index (κ1) is 11.8. The zero-order valence-electron chi connectivity index (χ0n) is 9.62. The Labute approximate surface area is 100 Å². The molecule has 1 saturated heterocycles. The first-order valence-corrected chi connectivity index (χ1v) is 6.75. The molecule has 0 aromatic rings. The maximum Gasteiger partial charge on any atom is 0.327 e. The molecular weight excluding hydrogens is 224 g/mol. The fraction of sp³-hybridized carbons (Fsp3) is 0.818. The third-order valence-corrected chi connectivity index (χ3v) is 4.45. The molecule has 16 heavy (non-hydrogen) atoms. The molecule has 2 fully saturated rings. The number of hydrogen-bond acceptors (Lipinski definition) is 4. The minimum Gasteiger partial charge on any atom is -0.468 e. The fourth-order valence-corrected chi connectivity index (χ4v) is 3.51. The summed E-state index contributed by atoms with van der Waals surface area (Å²) < 4.78 is 4.56. The quantitative estimate of drug-likeness (QED) is 0.747. The van der Waals surface area contributed by atoms with Crippen molar-refractivity contribution in [3.8, 4) is 0 Å². The van der Waals surface area contributed by atoms with Gasteiger partial charge in [0.2, 0.25) is 0 Å². The average Bonchev–Trinajstić information content (AvgIpc) is 2.70. The van der Waals surface area contributed by atoms with Crippen LogP contribution in [-0.4, -0.2) is 36.1 Å². The van der Waals surface area contributed by atoms with Crippen molar-refractivity contribution in [2.45, 2.75) is 37.6 Å². The van der Waals surface area contributed by atoms with Gasteiger partial charge in [-0.15, -0.1) is 0 Å². The van der Waals surface area contributed by atoms with E-state index in [-0.39, 0.29) is 18.1 Å². The van der Waals surface area contributed by atoms with Gasteiger partial charge in [0.05, 0.1) is 7.11 Å². The fourth-order valence-electron chi connectivity index (χ4n) is 2.29. The number of ether oxygens (including phenoxy) is 1. The van der Waals surface area contributed by atoms with E-state index in [1.54, 1.807) is 11.8 Å². The third kappa shape index (κ3) is 2.70. The molecule has 1 heterocycles. The predicted octanol–water partition coefficient (Wildman–Crippen LogP) is 1.55. The SMILES string of the molecule is COC(=O)CN=C1NC2(CCCCC2)CS1. The van der Waals surface area contributed by atoms with Crippen molar-refractivity contribution in [2.75, 3.05) is 19.4 Å². The van der Waals surface area contributed by atoms with Gasteiger partial charge in [-0.1, -0.05) is 31.0 Å². The zero-order chi connectivity index (χ0) is 11.4. The van der Waals surface area contributed by atoms with Crippen molar-refractivity contribution in [3.63, 3.8) is 0 Å². The Morgan fingerprint density at radius 3 is 2.94 bits per heavy atom. The largest absolute Gasteiger partial charge is 0.468 e. The number of aliphatic imine (C=N–C) groups is 1. The van der Waals surface area contributed by atoms with E-state index in [0.29, 0.717) is 0 Å². The Bertz CT molecular complexity index is 298. The summed E-state index contributed by atoms with van der Waals surface area (Å²) in [6, 6.07) is 0. The first-order chi connectivity index (χ1) is 7.74. The van der Waals surface area contributed by atoms with Gasteiger partial charge in [-0.2, -0.15) is 0 Å². The van der Waals surface area contributed by atoms with Gasteiger partial charge in [0.25, 0.3) is 0 Å². The van der Waals surface area contributed by atoms with Crippen molar-refractivity contribution in [1.29, 1.82) is 0 Å². The number of nitrogens with zero attached hydrogens (tertiary/aromatic N) is 1. The van der Waals surface area contributed by atoms with Crippen LogP contribution in [-0.2, 0) is 9.53 Å². The second-order valence-electron chi connectivity index (χ2n) is 4.45. The normalized spacial score (nSPS) is 25.7. The molecule has 0 radical (unpaired) electrons. The molecule has 2 aliphatic rings. The van der Waals surface area contributed by atoms with Crippen molar-refractivity contribution in [2.24, 2.45) is 4.99 Å². The lowest BCUT2D eigenvalue weighted by molar-refractivity contribution is -0.138. The number of nitrogens with one attached hydrogen (secondary N) is 1. The summed E-state index contributed by atoms with van der Waals surface area (Å²) in [4.78, 5) is 15.2. The number of amidine groups is 1. The Kier molecular flexibility index (Phi) is 3.74. The number of rotatable bonds is 2. The lowest BCUT2D eigenvalue weighted by atomic mass is 9.83. The maximum atomic E-state index is 11.0. The molecule has 0 atom stereocenters. The van der Waals surface area contributed by atoms with Gasteiger partial charge < -0.3 is 10.1 Å². The van der Waals surface area contributed by atoms with E-state index in [1.165, 1.54) is 39.2 Å². The van der Waals surface area contributed by atoms with Gasteiger partial charge in [0.15, 0.2) is 5.17 Å². The van der Waals surface area contributed by atoms with Crippen LogP contribution < -0.4 is 5.32 Å². The van der Waals surface area contributed by atoms with Gasteiger partial charge in [-0.3, -0.25) is 9.79 Å². The van der Waals surface area contributed by atoms with Crippen LogP contribution in [0.3, 0.4) is 0 Å². The molecule has 1 N–H and O–H groups in total. The zero-order valence-corrected chi connectivity index (χ0v) is 10.4. The number of carbonyl (C=O) groups is 1. The van der Waals surface area contributed by atoms with E-state index in [1.807, 2.05) is 0 Å². The molecule has 0 aromatic carbocycles. The summed E-state index contributed by atoms with van der Waals surface area (Å²) in [7, 11) is 1.39. The minimum absolute atomic E-state index is 0.127. The van der Waals surface area contributed by atoms with E-state index < -0.39 is 0 Å². The number of carbonyl (C=O) groups excluding carboxylic acids is 1. The van der Waals surface area contributed by atoms with Crippen LogP contribution >= 0.6 is 11.8 Å². The highest BCUT2D eigenvalue weighted by Gasteiger charge is 2.37. The summed E-state index contributed by atoms with van der Waals surface area (Å²) in [6.45, 7) is 0.127. The molecule has 0 aromatic heterocycles. The topological polar surface area (TPSA) is 50.7 Å². The molecule has 4 nitrogen and oxygen atoms in total. The summed E-state index contributed by atoms with van der Waals surface area (Å²) in [5.74, 6) is 0.812. The van der Waals surface area contributed by atoms with Gasteiger partial charge in [0, 0.05) is 11.3 Å². The first-order valence-electron chi connectivity index (χ1n) is 5.76. The highest BCUT2D eigenvalue weighted by atomic mass is 32.2. The minimum atomic E-state index is -0.278. The van der Waals surface area contributed by atoms with Crippen LogP contribution in [0.15, 0.2) is 4.99 Å². The summed E-state index contributed by atoms with van der Waals surface area (Å²) in [5, 5.41) is 4.40. The van der Waals surface area contributed by atoms with E-state index in [2.05, 4.69) is 15.0 Å². The number of thioether (sulfide) groups is 1. The molecule has 0 amide bonds. The molecule has 1 aliphatic carbocycles. The van der Waals surface area contributed by atoms with Gasteiger partial charge >= 0.3 is 5.97 Å². The smallest absolute Gasteiger partial charge is 0.327 e. The van der Waals surface area contributed by atoms with Crippen molar-refractivity contribution >= 4 is 22.9 Å². The summed E-state index contributed by atoms with van der Waals surface area (Å²) in [6.07, 6.45) is 6.42. The molecule has 1 spiro atoms. The van der Waals surface area contributed by atoms with Crippen molar-refractivity contribution in [3.05, 3.63) is 0 Å². The second kappa shape index (κ2) is 5.08. The lowest BCUT2D eigenvalue weighted by Gasteiger charge is -2.32. The van der Waals surface area contributed by atoms with E-state index in [0.717, 1.165) is 10.9 Å². The van der Waals surface area contributed by atoms with Crippen LogP contribution in [0.25, 0.3) is 0 Å². The molecule has 90 valence electrons.